The molecule has 2 saturated heterocycles. The van der Waals surface area contributed by atoms with E-state index in [1.54, 1.807) is 19.2 Å². The molecule has 0 aliphatic carbocycles. The molecule has 8 nitrogen and oxygen atoms in total. The Morgan fingerprint density at radius 2 is 2.00 bits per heavy atom. The second-order valence-electron chi connectivity index (χ2n) is 7.56. The molecule has 32 heavy (non-hydrogen) atoms. The minimum Gasteiger partial charge on any atom is -0.497 e. The van der Waals surface area contributed by atoms with Gasteiger partial charge in [0.25, 0.3) is 5.92 Å². The first-order chi connectivity index (χ1) is 15.2. The van der Waals surface area contributed by atoms with Crippen molar-refractivity contribution >= 4 is 11.9 Å². The van der Waals surface area contributed by atoms with Crippen LogP contribution in [0.5, 0.6) is 5.75 Å². The number of hydrogen-bond donors (Lipinski definition) is 4. The van der Waals surface area contributed by atoms with Crippen molar-refractivity contribution in [1.29, 1.82) is 0 Å². The van der Waals surface area contributed by atoms with E-state index in [-0.39, 0.29) is 25.7 Å². The molecular formula is C22H30F2N4O4. The number of aromatic nitrogens is 1. The number of β-amino-alcohol motifs (C(OH)–C–C–N with tert-alkyl or cyclic N) is 1. The summed E-state index contributed by atoms with van der Waals surface area (Å²) >= 11 is 0. The number of carbonyl (C=O) groups is 1. The maximum atomic E-state index is 12.7. The summed E-state index contributed by atoms with van der Waals surface area (Å²) in [6.07, 6.45) is 1.22. The molecule has 0 saturated carbocycles. The number of aliphatic hydroxyl groups excluding tert-OH is 1. The quantitative estimate of drug-likeness (QED) is 0.565. The van der Waals surface area contributed by atoms with Gasteiger partial charge in [-0.2, -0.15) is 0 Å². The van der Waals surface area contributed by atoms with Crippen molar-refractivity contribution in [3.05, 3.63) is 53.7 Å². The lowest BCUT2D eigenvalue weighted by Gasteiger charge is -2.39. The van der Waals surface area contributed by atoms with Crippen LogP contribution in [0.1, 0.15) is 17.5 Å². The number of amides is 1. The van der Waals surface area contributed by atoms with E-state index < -0.39 is 12.0 Å². The summed E-state index contributed by atoms with van der Waals surface area (Å²) in [7, 11) is 1.67. The Morgan fingerprint density at radius 1 is 1.31 bits per heavy atom. The standard InChI is InChI=1S/C10H11F2N3O2.C8H10O.C4H9NO/c11-10(12)5-15(6-10)8-3-7(1-2-13-8)4-14-9(16)17;1-7-3-5-8(9-2)6-4-7;6-4-1-2-5-3-4/h1-3,14H,4-6H2,(H,16,17);3-6H,1-2H3;4-6H,1-3H2. The molecule has 2 aromatic rings. The third kappa shape index (κ3) is 9.03. The van der Waals surface area contributed by atoms with Gasteiger partial charge in [0.2, 0.25) is 0 Å². The number of pyridine rings is 1. The van der Waals surface area contributed by atoms with E-state index in [0.717, 1.165) is 25.3 Å². The molecule has 1 unspecified atom stereocenters. The van der Waals surface area contributed by atoms with Crippen LogP contribution < -0.4 is 20.3 Å². The Hall–Kier alpha value is -2.98. The lowest BCUT2D eigenvalue weighted by atomic mass is 10.1. The first-order valence-corrected chi connectivity index (χ1v) is 10.2. The van der Waals surface area contributed by atoms with Crippen LogP contribution in [0, 0.1) is 6.92 Å². The van der Waals surface area contributed by atoms with Gasteiger partial charge in [0.05, 0.1) is 26.3 Å². The minimum atomic E-state index is -2.64. The third-order valence-corrected chi connectivity index (χ3v) is 4.71. The van der Waals surface area contributed by atoms with Gasteiger partial charge in [0, 0.05) is 19.3 Å². The van der Waals surface area contributed by atoms with Crippen LogP contribution in [-0.4, -0.2) is 66.6 Å². The Bertz CT molecular complexity index is 838. The first-order valence-electron chi connectivity index (χ1n) is 10.2. The average molecular weight is 453 g/mol. The van der Waals surface area contributed by atoms with Crippen molar-refractivity contribution in [2.24, 2.45) is 0 Å². The molecule has 1 atom stereocenters. The topological polar surface area (TPSA) is 107 Å². The lowest BCUT2D eigenvalue weighted by molar-refractivity contribution is -0.0267. The van der Waals surface area contributed by atoms with E-state index in [2.05, 4.69) is 22.5 Å². The zero-order valence-electron chi connectivity index (χ0n) is 18.2. The van der Waals surface area contributed by atoms with E-state index in [9.17, 15) is 13.6 Å². The number of aryl methyl sites for hydroxylation is 1. The SMILES string of the molecule is COc1ccc(C)cc1.O=C(O)NCc1ccnc(N2CC(F)(F)C2)c1.OC1CCNC1. The van der Waals surface area contributed by atoms with Gasteiger partial charge in [-0.25, -0.2) is 18.6 Å². The summed E-state index contributed by atoms with van der Waals surface area (Å²) in [4.78, 5) is 15.7. The number of aliphatic hydroxyl groups is 1. The molecule has 0 radical (unpaired) electrons. The fourth-order valence-electron chi connectivity index (χ4n) is 2.91. The molecule has 2 fully saturated rings. The van der Waals surface area contributed by atoms with Gasteiger partial charge in [-0.05, 0) is 49.7 Å². The van der Waals surface area contributed by atoms with Crippen molar-refractivity contribution in [1.82, 2.24) is 15.6 Å². The van der Waals surface area contributed by atoms with Gasteiger partial charge in [0.15, 0.2) is 0 Å². The number of rotatable bonds is 4. The number of alkyl halides is 2. The van der Waals surface area contributed by atoms with Crippen LogP contribution in [0.2, 0.25) is 0 Å². The number of anilines is 1. The molecule has 176 valence electrons. The largest absolute Gasteiger partial charge is 0.497 e. The smallest absolute Gasteiger partial charge is 0.404 e. The summed E-state index contributed by atoms with van der Waals surface area (Å²) in [6.45, 7) is 3.29. The maximum absolute atomic E-state index is 12.7. The number of nitrogens with one attached hydrogen (secondary N) is 2. The van der Waals surface area contributed by atoms with Crippen molar-refractivity contribution in [2.75, 3.05) is 38.2 Å². The molecule has 10 heteroatoms. The molecule has 2 aliphatic rings. The van der Waals surface area contributed by atoms with Crippen LogP contribution in [0.4, 0.5) is 19.4 Å². The van der Waals surface area contributed by atoms with Crippen LogP contribution in [0.25, 0.3) is 0 Å². The number of hydrogen-bond acceptors (Lipinski definition) is 6. The van der Waals surface area contributed by atoms with Crippen molar-refractivity contribution < 1.29 is 28.5 Å². The zero-order valence-corrected chi connectivity index (χ0v) is 18.2. The predicted molar refractivity (Wildman–Crippen MR) is 117 cm³/mol. The number of benzene rings is 1. The number of nitrogens with zero attached hydrogens (tertiary/aromatic N) is 2. The summed E-state index contributed by atoms with van der Waals surface area (Å²) in [6, 6.07) is 11.2. The normalized spacial score (nSPS) is 18.3. The van der Waals surface area contributed by atoms with Crippen molar-refractivity contribution in [2.45, 2.75) is 31.9 Å². The molecule has 4 N–H and O–H groups in total. The average Bonchev–Trinajstić information content (AvgIpc) is 3.23. The molecule has 4 rings (SSSR count). The molecule has 1 aromatic heterocycles. The molecule has 1 amide bonds. The van der Waals surface area contributed by atoms with Crippen molar-refractivity contribution in [3.63, 3.8) is 0 Å². The lowest BCUT2D eigenvalue weighted by Crippen LogP contribution is -2.56. The number of carboxylic acid groups (broad SMARTS) is 1. The summed E-state index contributed by atoms with van der Waals surface area (Å²) in [5.41, 5.74) is 1.95. The van der Waals surface area contributed by atoms with Gasteiger partial charge < -0.3 is 30.5 Å². The Morgan fingerprint density at radius 3 is 2.47 bits per heavy atom. The van der Waals surface area contributed by atoms with Gasteiger partial charge in [-0.15, -0.1) is 0 Å². The summed E-state index contributed by atoms with van der Waals surface area (Å²) < 4.78 is 30.3. The second kappa shape index (κ2) is 12.2. The van der Waals surface area contributed by atoms with E-state index in [1.807, 2.05) is 24.3 Å². The third-order valence-electron chi connectivity index (χ3n) is 4.71. The van der Waals surface area contributed by atoms with E-state index >= 15 is 0 Å². The van der Waals surface area contributed by atoms with Gasteiger partial charge in [-0.3, -0.25) is 0 Å². The summed E-state index contributed by atoms with van der Waals surface area (Å²) in [5, 5.41) is 22.3. The number of ether oxygens (including phenoxy) is 1. The summed E-state index contributed by atoms with van der Waals surface area (Å²) in [5.74, 6) is -1.28. The molecule has 0 spiro atoms. The van der Waals surface area contributed by atoms with Gasteiger partial charge in [0.1, 0.15) is 11.6 Å². The zero-order chi connectivity index (χ0) is 23.6. The molecule has 2 aliphatic heterocycles. The van der Waals surface area contributed by atoms with E-state index in [4.69, 9.17) is 14.9 Å². The van der Waals surface area contributed by atoms with Gasteiger partial charge in [-0.1, -0.05) is 17.7 Å². The number of methoxy groups -OCH3 is 1. The predicted octanol–water partition coefficient (Wildman–Crippen LogP) is 2.65. The van der Waals surface area contributed by atoms with Crippen LogP contribution in [0.15, 0.2) is 42.6 Å². The number of halogens is 2. The van der Waals surface area contributed by atoms with E-state index in [1.165, 1.54) is 16.7 Å². The van der Waals surface area contributed by atoms with Crippen LogP contribution in [-0.2, 0) is 6.54 Å². The highest BCUT2D eigenvalue weighted by atomic mass is 19.3. The highest BCUT2D eigenvalue weighted by Gasteiger charge is 2.44. The Balaban J connectivity index is 0.000000200. The Kier molecular flexibility index (Phi) is 9.61. The van der Waals surface area contributed by atoms with Crippen molar-refractivity contribution in [3.8, 4) is 5.75 Å². The van der Waals surface area contributed by atoms with Gasteiger partial charge >= 0.3 is 6.09 Å². The highest BCUT2D eigenvalue weighted by Crippen LogP contribution is 2.30. The molecule has 1 aromatic carbocycles. The second-order valence-corrected chi connectivity index (χ2v) is 7.56. The van der Waals surface area contributed by atoms with E-state index in [0.29, 0.717) is 11.4 Å². The Labute approximate surface area is 186 Å². The minimum absolute atomic E-state index is 0.0648. The molecular weight excluding hydrogens is 422 g/mol. The first kappa shape index (κ1) is 25.3. The maximum Gasteiger partial charge on any atom is 0.404 e. The fourth-order valence-corrected chi connectivity index (χ4v) is 2.91. The highest BCUT2D eigenvalue weighted by molar-refractivity contribution is 5.64. The fraction of sp³-hybridized carbons (Fsp3) is 0.455. The van der Waals surface area contributed by atoms with Crippen LogP contribution in [0.3, 0.4) is 0 Å². The monoisotopic (exact) mass is 452 g/mol. The molecule has 3 heterocycles. The van der Waals surface area contributed by atoms with Crippen LogP contribution >= 0.6 is 0 Å². The molecule has 0 bridgehead atoms.